The van der Waals surface area contributed by atoms with Crippen LogP contribution in [0.5, 0.6) is 0 Å². The molecule has 0 spiro atoms. The first-order valence-corrected chi connectivity index (χ1v) is 5.07. The molecule has 0 aliphatic heterocycles. The highest BCUT2D eigenvalue weighted by molar-refractivity contribution is 5.67. The number of hydrogen-bond donors (Lipinski definition) is 3. The van der Waals surface area contributed by atoms with E-state index in [1.54, 1.807) is 30.3 Å². The van der Waals surface area contributed by atoms with E-state index in [1.807, 2.05) is 12.1 Å². The molecule has 2 aromatic rings. The fraction of sp³-hybridized carbons (Fsp3) is 0. The summed E-state index contributed by atoms with van der Waals surface area (Å²) in [6.45, 7) is 0. The number of hydrogen-bond acceptors (Lipinski definition) is 5. The van der Waals surface area contributed by atoms with Crippen LogP contribution in [0.2, 0.25) is 0 Å². The zero-order valence-electron chi connectivity index (χ0n) is 9.17. The summed E-state index contributed by atoms with van der Waals surface area (Å²) in [5.41, 5.74) is 20.0. The minimum atomic E-state index is 0.498. The molecule has 6 N–H and O–H groups in total. The van der Waals surface area contributed by atoms with Crippen LogP contribution in [-0.2, 0) is 0 Å². The minimum absolute atomic E-state index is 0.498. The highest BCUT2D eigenvalue weighted by Gasteiger charge is 1.97. The molecule has 0 atom stereocenters. The van der Waals surface area contributed by atoms with E-state index in [9.17, 15) is 0 Å². The molecule has 17 heavy (non-hydrogen) atoms. The van der Waals surface area contributed by atoms with E-state index in [0.29, 0.717) is 28.4 Å². The van der Waals surface area contributed by atoms with E-state index in [-0.39, 0.29) is 0 Å². The van der Waals surface area contributed by atoms with E-state index >= 15 is 0 Å². The lowest BCUT2D eigenvalue weighted by atomic mass is 10.2. The van der Waals surface area contributed by atoms with Crippen LogP contribution in [0, 0.1) is 0 Å². The zero-order chi connectivity index (χ0) is 12.3. The van der Waals surface area contributed by atoms with Crippen molar-refractivity contribution < 1.29 is 0 Å². The Labute approximate surface area is 99.0 Å². The van der Waals surface area contributed by atoms with Crippen molar-refractivity contribution in [3.63, 3.8) is 0 Å². The Balaban J connectivity index is 2.26. The Morgan fingerprint density at radius 2 is 1.53 bits per heavy atom. The quantitative estimate of drug-likeness (QED) is 0.542. The van der Waals surface area contributed by atoms with Crippen molar-refractivity contribution in [2.75, 3.05) is 17.2 Å². The van der Waals surface area contributed by atoms with Gasteiger partial charge >= 0.3 is 0 Å². The molecule has 2 aromatic carbocycles. The van der Waals surface area contributed by atoms with E-state index < -0.39 is 0 Å². The molecule has 0 aliphatic rings. The average Bonchev–Trinajstić information content (AvgIpc) is 2.28. The fourth-order valence-electron chi connectivity index (χ4n) is 1.36. The van der Waals surface area contributed by atoms with Crippen molar-refractivity contribution in [1.29, 1.82) is 0 Å². The monoisotopic (exact) mass is 227 g/mol. The van der Waals surface area contributed by atoms with Crippen molar-refractivity contribution in [3.05, 3.63) is 42.5 Å². The SMILES string of the molecule is Nc1cccc(/N=N/c2ccc(N)cc2N)c1. The molecular weight excluding hydrogens is 214 g/mol. The predicted molar refractivity (Wildman–Crippen MR) is 70.3 cm³/mol. The number of rotatable bonds is 2. The standard InChI is InChI=1S/C12H13N5/c13-8-2-1-3-10(6-8)16-17-12-5-4-9(14)7-11(12)15/h1-7H,13-15H2/b17-16+. The van der Waals surface area contributed by atoms with Gasteiger partial charge in [-0.2, -0.15) is 5.11 Å². The number of azo groups is 1. The molecule has 0 heterocycles. The maximum absolute atomic E-state index is 5.76. The van der Waals surface area contributed by atoms with E-state index in [0.717, 1.165) is 0 Å². The second-order valence-corrected chi connectivity index (χ2v) is 3.61. The molecule has 5 heteroatoms. The molecule has 86 valence electrons. The Bertz CT molecular complexity index is 563. The summed E-state index contributed by atoms with van der Waals surface area (Å²) >= 11 is 0. The largest absolute Gasteiger partial charge is 0.399 e. The van der Waals surface area contributed by atoms with Crippen LogP contribution in [0.15, 0.2) is 52.7 Å². The Morgan fingerprint density at radius 1 is 0.765 bits per heavy atom. The van der Waals surface area contributed by atoms with Gasteiger partial charge in [0.05, 0.1) is 11.4 Å². The number of benzene rings is 2. The lowest BCUT2D eigenvalue weighted by Gasteiger charge is -2.00. The Hall–Kier alpha value is -2.56. The summed E-state index contributed by atoms with van der Waals surface area (Å²) < 4.78 is 0. The van der Waals surface area contributed by atoms with Crippen LogP contribution in [0.25, 0.3) is 0 Å². The van der Waals surface area contributed by atoms with Gasteiger partial charge in [0.15, 0.2) is 0 Å². The van der Waals surface area contributed by atoms with E-state index in [1.165, 1.54) is 0 Å². The molecule has 0 bridgehead atoms. The summed E-state index contributed by atoms with van der Waals surface area (Å²) in [4.78, 5) is 0. The average molecular weight is 227 g/mol. The van der Waals surface area contributed by atoms with Crippen molar-refractivity contribution >= 4 is 28.4 Å². The highest BCUT2D eigenvalue weighted by Crippen LogP contribution is 2.26. The molecule has 0 fully saturated rings. The predicted octanol–water partition coefficient (Wildman–Crippen LogP) is 2.85. The summed E-state index contributed by atoms with van der Waals surface area (Å²) in [6, 6.07) is 12.2. The second-order valence-electron chi connectivity index (χ2n) is 3.61. The molecule has 2 rings (SSSR count). The summed E-state index contributed by atoms with van der Waals surface area (Å²) in [5.74, 6) is 0. The lowest BCUT2D eigenvalue weighted by Crippen LogP contribution is -1.89. The molecule has 0 amide bonds. The number of anilines is 3. The maximum atomic E-state index is 5.76. The molecule has 0 aliphatic carbocycles. The fourth-order valence-corrected chi connectivity index (χ4v) is 1.36. The first-order chi connectivity index (χ1) is 8.15. The third-order valence-electron chi connectivity index (χ3n) is 2.20. The van der Waals surface area contributed by atoms with Gasteiger partial charge in [-0.15, -0.1) is 5.11 Å². The van der Waals surface area contributed by atoms with Gasteiger partial charge in [-0.05, 0) is 36.4 Å². The normalized spacial score (nSPS) is 10.8. The third kappa shape index (κ3) is 2.72. The van der Waals surface area contributed by atoms with Gasteiger partial charge in [0.2, 0.25) is 0 Å². The molecule has 0 saturated carbocycles. The van der Waals surface area contributed by atoms with Crippen LogP contribution in [0.1, 0.15) is 0 Å². The number of nitrogen functional groups attached to an aromatic ring is 3. The first-order valence-electron chi connectivity index (χ1n) is 5.07. The summed E-state index contributed by atoms with van der Waals surface area (Å²) in [6.07, 6.45) is 0. The molecule has 0 aromatic heterocycles. The lowest BCUT2D eigenvalue weighted by molar-refractivity contribution is 1.23. The number of nitrogens with two attached hydrogens (primary N) is 3. The zero-order valence-corrected chi connectivity index (χ0v) is 9.17. The minimum Gasteiger partial charge on any atom is -0.399 e. The van der Waals surface area contributed by atoms with Crippen LogP contribution in [0.3, 0.4) is 0 Å². The highest BCUT2D eigenvalue weighted by atomic mass is 15.1. The van der Waals surface area contributed by atoms with E-state index in [4.69, 9.17) is 17.2 Å². The summed E-state index contributed by atoms with van der Waals surface area (Å²) in [5, 5.41) is 8.10. The molecular formula is C12H13N5. The van der Waals surface area contributed by atoms with Crippen molar-refractivity contribution in [2.45, 2.75) is 0 Å². The summed E-state index contributed by atoms with van der Waals surface area (Å²) in [7, 11) is 0. The Kier molecular flexibility index (Phi) is 2.91. The molecule has 5 nitrogen and oxygen atoms in total. The van der Waals surface area contributed by atoms with Crippen LogP contribution in [-0.4, -0.2) is 0 Å². The second kappa shape index (κ2) is 4.52. The van der Waals surface area contributed by atoms with Gasteiger partial charge in [0.1, 0.15) is 5.69 Å². The smallest absolute Gasteiger partial charge is 0.109 e. The van der Waals surface area contributed by atoms with Crippen LogP contribution in [0.4, 0.5) is 28.4 Å². The Morgan fingerprint density at radius 3 is 2.24 bits per heavy atom. The molecule has 0 radical (unpaired) electrons. The van der Waals surface area contributed by atoms with Crippen LogP contribution >= 0.6 is 0 Å². The topological polar surface area (TPSA) is 103 Å². The van der Waals surface area contributed by atoms with Gasteiger partial charge < -0.3 is 17.2 Å². The van der Waals surface area contributed by atoms with Crippen molar-refractivity contribution in [3.8, 4) is 0 Å². The maximum Gasteiger partial charge on any atom is 0.109 e. The van der Waals surface area contributed by atoms with Crippen molar-refractivity contribution in [2.24, 2.45) is 10.2 Å². The van der Waals surface area contributed by atoms with Crippen LogP contribution < -0.4 is 17.2 Å². The first kappa shape index (κ1) is 10.9. The molecule has 0 saturated heterocycles. The van der Waals surface area contributed by atoms with Gasteiger partial charge in [0.25, 0.3) is 0 Å². The van der Waals surface area contributed by atoms with Gasteiger partial charge in [-0.1, -0.05) is 6.07 Å². The number of nitrogens with zero attached hydrogens (tertiary/aromatic N) is 2. The van der Waals surface area contributed by atoms with E-state index in [2.05, 4.69) is 10.2 Å². The molecule has 0 unspecified atom stereocenters. The van der Waals surface area contributed by atoms with Crippen molar-refractivity contribution in [1.82, 2.24) is 0 Å². The van der Waals surface area contributed by atoms with Gasteiger partial charge in [0, 0.05) is 11.4 Å². The van der Waals surface area contributed by atoms with Gasteiger partial charge in [-0.25, -0.2) is 0 Å². The third-order valence-corrected chi connectivity index (χ3v) is 2.20. The van der Waals surface area contributed by atoms with Gasteiger partial charge in [-0.3, -0.25) is 0 Å².